The second-order valence-corrected chi connectivity index (χ2v) is 4.90. The first-order valence-electron chi connectivity index (χ1n) is 7.24. The average molecular weight is 280 g/mol. The van der Waals surface area contributed by atoms with Crippen molar-refractivity contribution in [3.05, 3.63) is 29.8 Å². The van der Waals surface area contributed by atoms with Gasteiger partial charge in [0.25, 0.3) is 0 Å². The molecule has 2 N–H and O–H groups in total. The Kier molecular flexibility index (Phi) is 7.62. The van der Waals surface area contributed by atoms with Gasteiger partial charge >= 0.3 is 0 Å². The Balaban J connectivity index is 2.38. The van der Waals surface area contributed by atoms with Crippen molar-refractivity contribution < 1.29 is 4.39 Å². The molecule has 0 spiro atoms. The molecule has 0 aliphatic heterocycles. The zero-order valence-corrected chi connectivity index (χ0v) is 12.6. The third-order valence-corrected chi connectivity index (χ3v) is 3.11. The minimum atomic E-state index is -0.300. The number of hydrogen-bond acceptors (Lipinski definition) is 2. The third-order valence-electron chi connectivity index (χ3n) is 3.11. The van der Waals surface area contributed by atoms with Crippen LogP contribution in [0.3, 0.4) is 0 Å². The van der Waals surface area contributed by atoms with Gasteiger partial charge in [-0.1, -0.05) is 26.2 Å². The summed E-state index contributed by atoms with van der Waals surface area (Å²) in [5, 5.41) is 6.39. The normalized spacial score (nSPS) is 13.1. The standard InChI is InChI=1S/C15H25FN4/c1-4-5-6-8-12(2)20-15(17-3)19-11-14-13(16)9-7-10-18-14/h7,9-10,12H,4-6,8,11H2,1-3H3,(H2,17,19,20). The van der Waals surface area contributed by atoms with E-state index in [-0.39, 0.29) is 5.82 Å². The minimum absolute atomic E-state index is 0.300. The first-order valence-corrected chi connectivity index (χ1v) is 7.24. The molecule has 0 saturated carbocycles. The van der Waals surface area contributed by atoms with E-state index in [9.17, 15) is 4.39 Å². The van der Waals surface area contributed by atoms with Gasteiger partial charge in [-0.3, -0.25) is 9.98 Å². The van der Waals surface area contributed by atoms with E-state index in [0.29, 0.717) is 24.2 Å². The smallest absolute Gasteiger partial charge is 0.191 e. The Hall–Kier alpha value is -1.65. The summed E-state index contributed by atoms with van der Waals surface area (Å²) in [5.74, 6) is 0.380. The molecule has 0 aliphatic rings. The van der Waals surface area contributed by atoms with Gasteiger partial charge in [-0.25, -0.2) is 4.39 Å². The molecule has 1 heterocycles. The van der Waals surface area contributed by atoms with Gasteiger partial charge in [-0.15, -0.1) is 0 Å². The van der Waals surface area contributed by atoms with Crippen LogP contribution in [-0.2, 0) is 6.54 Å². The van der Waals surface area contributed by atoms with Gasteiger partial charge in [0.2, 0.25) is 0 Å². The average Bonchev–Trinajstić information content (AvgIpc) is 2.45. The molecule has 20 heavy (non-hydrogen) atoms. The van der Waals surface area contributed by atoms with Crippen LogP contribution in [0, 0.1) is 5.82 Å². The molecule has 0 aliphatic carbocycles. The summed E-state index contributed by atoms with van der Waals surface area (Å²) in [6.45, 7) is 4.65. The van der Waals surface area contributed by atoms with Crippen molar-refractivity contribution in [2.45, 2.75) is 52.1 Å². The fraction of sp³-hybridized carbons (Fsp3) is 0.600. The number of rotatable bonds is 7. The molecule has 4 nitrogen and oxygen atoms in total. The Morgan fingerprint density at radius 1 is 1.45 bits per heavy atom. The molecule has 5 heteroatoms. The van der Waals surface area contributed by atoms with Gasteiger partial charge in [0.15, 0.2) is 5.96 Å². The fourth-order valence-electron chi connectivity index (χ4n) is 1.92. The van der Waals surface area contributed by atoms with Gasteiger partial charge in [-0.2, -0.15) is 0 Å². The number of unbranched alkanes of at least 4 members (excludes halogenated alkanes) is 2. The number of pyridine rings is 1. The molecule has 1 aromatic heterocycles. The number of aromatic nitrogens is 1. The lowest BCUT2D eigenvalue weighted by Crippen LogP contribution is -2.42. The lowest BCUT2D eigenvalue weighted by molar-refractivity contribution is 0.544. The molecule has 0 saturated heterocycles. The number of nitrogens with zero attached hydrogens (tertiary/aromatic N) is 2. The summed E-state index contributed by atoms with van der Waals surface area (Å²) in [6, 6.07) is 3.34. The Bertz CT molecular complexity index is 420. The first kappa shape index (κ1) is 16.4. The summed E-state index contributed by atoms with van der Waals surface area (Å²) in [5.41, 5.74) is 0.397. The second-order valence-electron chi connectivity index (χ2n) is 4.90. The van der Waals surface area contributed by atoms with Crippen LogP contribution in [0.5, 0.6) is 0 Å². The molecule has 1 unspecified atom stereocenters. The van der Waals surface area contributed by atoms with Crippen LogP contribution in [0.4, 0.5) is 4.39 Å². The van der Waals surface area contributed by atoms with Crippen molar-refractivity contribution in [1.82, 2.24) is 15.6 Å². The van der Waals surface area contributed by atoms with Gasteiger partial charge in [0, 0.05) is 19.3 Å². The predicted octanol–water partition coefficient (Wildman–Crippen LogP) is 2.85. The van der Waals surface area contributed by atoms with E-state index in [2.05, 4.69) is 34.5 Å². The molecule has 0 radical (unpaired) electrons. The molecule has 0 aromatic carbocycles. The molecular formula is C15H25FN4. The van der Waals surface area contributed by atoms with E-state index < -0.39 is 0 Å². The quantitative estimate of drug-likeness (QED) is 0.459. The first-order chi connectivity index (χ1) is 9.67. The zero-order valence-electron chi connectivity index (χ0n) is 12.6. The van der Waals surface area contributed by atoms with Crippen molar-refractivity contribution in [2.75, 3.05) is 7.05 Å². The highest BCUT2D eigenvalue weighted by Gasteiger charge is 2.07. The van der Waals surface area contributed by atoms with Gasteiger partial charge in [0.05, 0.1) is 12.2 Å². The summed E-state index contributed by atoms with van der Waals surface area (Å²) in [6.07, 6.45) is 6.36. The van der Waals surface area contributed by atoms with Crippen molar-refractivity contribution in [2.24, 2.45) is 4.99 Å². The zero-order chi connectivity index (χ0) is 14.8. The van der Waals surface area contributed by atoms with Gasteiger partial charge < -0.3 is 10.6 Å². The van der Waals surface area contributed by atoms with E-state index in [1.807, 2.05) is 0 Å². The fourth-order valence-corrected chi connectivity index (χ4v) is 1.92. The molecule has 1 atom stereocenters. The van der Waals surface area contributed by atoms with E-state index in [1.165, 1.54) is 25.3 Å². The lowest BCUT2D eigenvalue weighted by atomic mass is 10.1. The van der Waals surface area contributed by atoms with Crippen LogP contribution < -0.4 is 10.6 Å². The SMILES string of the molecule is CCCCCC(C)NC(=NC)NCc1ncccc1F. The number of hydrogen-bond donors (Lipinski definition) is 2. The van der Waals surface area contributed by atoms with E-state index >= 15 is 0 Å². The molecule has 0 fully saturated rings. The maximum atomic E-state index is 13.4. The van der Waals surface area contributed by atoms with Crippen molar-refractivity contribution in [1.29, 1.82) is 0 Å². The molecule has 0 amide bonds. The number of aliphatic imine (C=N–C) groups is 1. The van der Waals surface area contributed by atoms with Gasteiger partial charge in [0.1, 0.15) is 5.82 Å². The number of guanidine groups is 1. The highest BCUT2D eigenvalue weighted by Crippen LogP contribution is 2.03. The van der Waals surface area contributed by atoms with Crippen molar-refractivity contribution in [3.8, 4) is 0 Å². The van der Waals surface area contributed by atoms with Crippen molar-refractivity contribution in [3.63, 3.8) is 0 Å². The number of halogens is 1. The van der Waals surface area contributed by atoms with Crippen LogP contribution in [0.15, 0.2) is 23.3 Å². The van der Waals surface area contributed by atoms with Crippen LogP contribution in [0.25, 0.3) is 0 Å². The van der Waals surface area contributed by atoms with Crippen LogP contribution >= 0.6 is 0 Å². The van der Waals surface area contributed by atoms with Crippen LogP contribution in [0.1, 0.15) is 45.2 Å². The second kappa shape index (κ2) is 9.28. The summed E-state index contributed by atoms with van der Waals surface area (Å²) < 4.78 is 13.4. The monoisotopic (exact) mass is 280 g/mol. The summed E-state index contributed by atoms with van der Waals surface area (Å²) >= 11 is 0. The molecular weight excluding hydrogens is 255 g/mol. The predicted molar refractivity (Wildman–Crippen MR) is 81.1 cm³/mol. The molecule has 1 aromatic rings. The highest BCUT2D eigenvalue weighted by molar-refractivity contribution is 5.79. The molecule has 112 valence electrons. The third kappa shape index (κ3) is 5.99. The minimum Gasteiger partial charge on any atom is -0.354 e. The Labute approximate surface area is 120 Å². The van der Waals surface area contributed by atoms with Crippen LogP contribution in [-0.4, -0.2) is 24.0 Å². The topological polar surface area (TPSA) is 49.3 Å². The largest absolute Gasteiger partial charge is 0.354 e. The van der Waals surface area contributed by atoms with E-state index in [4.69, 9.17) is 0 Å². The maximum absolute atomic E-state index is 13.4. The maximum Gasteiger partial charge on any atom is 0.191 e. The van der Waals surface area contributed by atoms with E-state index in [1.54, 1.807) is 19.3 Å². The Morgan fingerprint density at radius 2 is 2.25 bits per heavy atom. The Morgan fingerprint density at radius 3 is 2.90 bits per heavy atom. The highest BCUT2D eigenvalue weighted by atomic mass is 19.1. The lowest BCUT2D eigenvalue weighted by Gasteiger charge is -2.17. The molecule has 0 bridgehead atoms. The van der Waals surface area contributed by atoms with E-state index in [0.717, 1.165) is 6.42 Å². The summed E-state index contributed by atoms with van der Waals surface area (Å²) in [7, 11) is 1.71. The molecule has 1 rings (SSSR count). The summed E-state index contributed by atoms with van der Waals surface area (Å²) in [4.78, 5) is 8.15. The van der Waals surface area contributed by atoms with Crippen molar-refractivity contribution >= 4 is 5.96 Å². The number of nitrogens with one attached hydrogen (secondary N) is 2. The van der Waals surface area contributed by atoms with Crippen LogP contribution in [0.2, 0.25) is 0 Å². The van der Waals surface area contributed by atoms with Gasteiger partial charge in [-0.05, 0) is 25.5 Å².